The van der Waals surface area contributed by atoms with Gasteiger partial charge in [-0.15, -0.1) is 0 Å². The molecule has 1 heterocycles. The first-order valence-electron chi connectivity index (χ1n) is 7.06. The molecule has 0 aliphatic carbocycles. The molecule has 3 nitrogen and oxygen atoms in total. The molecule has 0 spiro atoms. The molecule has 0 fully saturated rings. The van der Waals surface area contributed by atoms with Crippen molar-refractivity contribution in [2.24, 2.45) is 0 Å². The Hall–Kier alpha value is -2.55. The molecule has 1 aromatic heterocycles. The fourth-order valence-corrected chi connectivity index (χ4v) is 2.47. The number of amides is 1. The van der Waals surface area contributed by atoms with E-state index in [0.29, 0.717) is 13.0 Å². The topological polar surface area (TPSA) is 36.1 Å². The van der Waals surface area contributed by atoms with Crippen LogP contribution in [0.15, 0.2) is 60.8 Å². The Bertz CT molecular complexity index is 746. The summed E-state index contributed by atoms with van der Waals surface area (Å²) in [4.78, 5) is 17.2. The lowest BCUT2D eigenvalue weighted by molar-refractivity contribution is -0.129. The summed E-state index contributed by atoms with van der Waals surface area (Å²) in [5.74, 6) is 0.133. The van der Waals surface area contributed by atoms with Gasteiger partial charge in [-0.3, -0.25) is 4.79 Å². The summed E-state index contributed by atoms with van der Waals surface area (Å²) in [6.45, 7) is 0.645. The molecule has 0 aliphatic rings. The normalized spacial score (nSPS) is 10.7. The number of hydrogen-bond acceptors (Lipinski definition) is 1. The van der Waals surface area contributed by atoms with E-state index in [-0.39, 0.29) is 5.91 Å². The molecule has 1 amide bonds. The Morgan fingerprint density at radius 3 is 2.67 bits per heavy atom. The third-order valence-electron chi connectivity index (χ3n) is 3.66. The zero-order chi connectivity index (χ0) is 14.7. The first kappa shape index (κ1) is 13.4. The number of H-pyrrole nitrogens is 1. The van der Waals surface area contributed by atoms with Crippen LogP contribution in [-0.2, 0) is 17.8 Å². The third kappa shape index (κ3) is 3.14. The van der Waals surface area contributed by atoms with Gasteiger partial charge < -0.3 is 9.88 Å². The highest BCUT2D eigenvalue weighted by molar-refractivity contribution is 5.83. The highest BCUT2D eigenvalue weighted by Gasteiger charge is 2.10. The van der Waals surface area contributed by atoms with Crippen molar-refractivity contribution in [2.75, 3.05) is 7.05 Å². The van der Waals surface area contributed by atoms with Gasteiger partial charge in [0.15, 0.2) is 0 Å². The summed E-state index contributed by atoms with van der Waals surface area (Å²) >= 11 is 0. The largest absolute Gasteiger partial charge is 0.361 e. The molecule has 0 unspecified atom stereocenters. The number of hydrogen-bond donors (Lipinski definition) is 1. The van der Waals surface area contributed by atoms with E-state index in [1.165, 1.54) is 0 Å². The van der Waals surface area contributed by atoms with Gasteiger partial charge in [0.25, 0.3) is 0 Å². The average Bonchev–Trinajstić information content (AvgIpc) is 2.95. The molecule has 3 rings (SSSR count). The fourth-order valence-electron chi connectivity index (χ4n) is 2.47. The second-order valence-electron chi connectivity index (χ2n) is 5.31. The number of benzene rings is 2. The van der Waals surface area contributed by atoms with Crippen LogP contribution >= 0.6 is 0 Å². The van der Waals surface area contributed by atoms with Gasteiger partial charge in [-0.05, 0) is 34.7 Å². The predicted octanol–water partition coefficient (Wildman–Crippen LogP) is 3.37. The van der Waals surface area contributed by atoms with Gasteiger partial charge in [0, 0.05) is 25.3 Å². The van der Waals surface area contributed by atoms with Crippen LogP contribution in [0.4, 0.5) is 0 Å². The van der Waals surface area contributed by atoms with Crippen LogP contribution in [0, 0.1) is 0 Å². The van der Waals surface area contributed by atoms with Crippen LogP contribution in [0.1, 0.15) is 11.1 Å². The highest BCUT2D eigenvalue weighted by Crippen LogP contribution is 2.15. The summed E-state index contributed by atoms with van der Waals surface area (Å²) < 4.78 is 0. The predicted molar refractivity (Wildman–Crippen MR) is 84.9 cm³/mol. The van der Waals surface area contributed by atoms with Gasteiger partial charge in [0.1, 0.15) is 0 Å². The number of carbonyl (C=O) groups excluding carboxylic acids is 1. The van der Waals surface area contributed by atoms with Gasteiger partial charge in [0.2, 0.25) is 5.91 Å². The number of likely N-dealkylation sites (N-methyl/N-ethyl adjacent to an activating group) is 1. The van der Waals surface area contributed by atoms with E-state index in [4.69, 9.17) is 0 Å². The molecule has 21 heavy (non-hydrogen) atoms. The molecule has 2 aromatic carbocycles. The Morgan fingerprint density at radius 1 is 1.05 bits per heavy atom. The van der Waals surface area contributed by atoms with E-state index < -0.39 is 0 Å². The minimum Gasteiger partial charge on any atom is -0.361 e. The zero-order valence-corrected chi connectivity index (χ0v) is 12.0. The van der Waals surface area contributed by atoms with Crippen molar-refractivity contribution in [2.45, 2.75) is 13.0 Å². The lowest BCUT2D eigenvalue weighted by Crippen LogP contribution is -2.27. The average molecular weight is 278 g/mol. The lowest BCUT2D eigenvalue weighted by atomic mass is 10.1. The van der Waals surface area contributed by atoms with Crippen LogP contribution in [0.3, 0.4) is 0 Å². The molecule has 0 radical (unpaired) electrons. The quantitative estimate of drug-likeness (QED) is 0.780. The highest BCUT2D eigenvalue weighted by atomic mass is 16.2. The summed E-state index contributed by atoms with van der Waals surface area (Å²) in [5.41, 5.74) is 3.30. The standard InChI is InChI=1S/C18H18N2O/c1-20(13-14-5-3-2-4-6-14)18(21)12-15-7-8-17-16(11-15)9-10-19-17/h2-11,19H,12-13H2,1H3. The van der Waals surface area contributed by atoms with E-state index >= 15 is 0 Å². The minimum absolute atomic E-state index is 0.133. The van der Waals surface area contributed by atoms with Crippen molar-refractivity contribution in [3.05, 3.63) is 71.9 Å². The summed E-state index contributed by atoms with van der Waals surface area (Å²) in [6, 6.07) is 18.2. The van der Waals surface area contributed by atoms with Gasteiger partial charge in [-0.25, -0.2) is 0 Å². The first-order chi connectivity index (χ1) is 10.2. The van der Waals surface area contributed by atoms with Crippen molar-refractivity contribution in [3.63, 3.8) is 0 Å². The first-order valence-corrected chi connectivity index (χ1v) is 7.06. The number of aromatic nitrogens is 1. The second-order valence-corrected chi connectivity index (χ2v) is 5.31. The Balaban J connectivity index is 1.67. The van der Waals surface area contributed by atoms with Gasteiger partial charge in [-0.1, -0.05) is 36.4 Å². The molecule has 0 atom stereocenters. The monoisotopic (exact) mass is 278 g/mol. The van der Waals surface area contributed by atoms with E-state index in [1.54, 1.807) is 4.90 Å². The molecule has 0 bridgehead atoms. The molecule has 3 aromatic rings. The van der Waals surface area contributed by atoms with Crippen molar-refractivity contribution in [1.29, 1.82) is 0 Å². The Morgan fingerprint density at radius 2 is 1.86 bits per heavy atom. The van der Waals surface area contributed by atoms with Crippen LogP contribution in [0.2, 0.25) is 0 Å². The number of carbonyl (C=O) groups is 1. The fraction of sp³-hybridized carbons (Fsp3) is 0.167. The molecular formula is C18H18N2O. The van der Waals surface area contributed by atoms with Crippen LogP contribution in [0.25, 0.3) is 10.9 Å². The van der Waals surface area contributed by atoms with E-state index in [2.05, 4.69) is 11.1 Å². The van der Waals surface area contributed by atoms with Crippen LogP contribution < -0.4 is 0 Å². The second kappa shape index (κ2) is 5.83. The third-order valence-corrected chi connectivity index (χ3v) is 3.66. The SMILES string of the molecule is CN(Cc1ccccc1)C(=O)Cc1ccc2[nH]ccc2c1. The molecule has 3 heteroatoms. The van der Waals surface area contributed by atoms with Crippen LogP contribution in [-0.4, -0.2) is 22.8 Å². The molecule has 1 N–H and O–H groups in total. The van der Waals surface area contributed by atoms with E-state index in [0.717, 1.165) is 22.0 Å². The lowest BCUT2D eigenvalue weighted by Gasteiger charge is -2.17. The zero-order valence-electron chi connectivity index (χ0n) is 12.0. The van der Waals surface area contributed by atoms with Gasteiger partial charge in [0.05, 0.1) is 6.42 Å². The van der Waals surface area contributed by atoms with Crippen molar-refractivity contribution in [1.82, 2.24) is 9.88 Å². The molecule has 106 valence electrons. The number of aromatic amines is 1. The number of nitrogens with zero attached hydrogens (tertiary/aromatic N) is 1. The molecule has 0 saturated carbocycles. The van der Waals surface area contributed by atoms with Gasteiger partial charge >= 0.3 is 0 Å². The maximum atomic E-state index is 12.3. The smallest absolute Gasteiger partial charge is 0.227 e. The molecular weight excluding hydrogens is 260 g/mol. The Labute approximate surface area is 124 Å². The Kier molecular flexibility index (Phi) is 3.73. The number of nitrogens with one attached hydrogen (secondary N) is 1. The number of rotatable bonds is 4. The van der Waals surface area contributed by atoms with Crippen molar-refractivity contribution >= 4 is 16.8 Å². The molecule has 0 saturated heterocycles. The maximum Gasteiger partial charge on any atom is 0.227 e. The molecule has 0 aliphatic heterocycles. The van der Waals surface area contributed by atoms with Gasteiger partial charge in [-0.2, -0.15) is 0 Å². The summed E-state index contributed by atoms with van der Waals surface area (Å²) in [6.07, 6.45) is 2.35. The summed E-state index contributed by atoms with van der Waals surface area (Å²) in [5, 5.41) is 1.14. The van der Waals surface area contributed by atoms with E-state index in [1.807, 2.05) is 61.8 Å². The maximum absolute atomic E-state index is 12.3. The number of fused-ring (bicyclic) bond motifs is 1. The van der Waals surface area contributed by atoms with Crippen LogP contribution in [0.5, 0.6) is 0 Å². The van der Waals surface area contributed by atoms with E-state index in [9.17, 15) is 4.79 Å². The van der Waals surface area contributed by atoms with Crippen molar-refractivity contribution < 1.29 is 4.79 Å². The van der Waals surface area contributed by atoms with Crippen molar-refractivity contribution in [3.8, 4) is 0 Å². The summed E-state index contributed by atoms with van der Waals surface area (Å²) in [7, 11) is 1.85. The minimum atomic E-state index is 0.133.